The Labute approximate surface area is 133 Å². The second kappa shape index (κ2) is 6.40. The van der Waals surface area contributed by atoms with Crippen LogP contribution in [0.5, 0.6) is 0 Å². The minimum Gasteiger partial charge on any atom is -0.463 e. The van der Waals surface area contributed by atoms with Crippen molar-refractivity contribution in [1.29, 1.82) is 0 Å². The Kier molecular flexibility index (Phi) is 4.15. The number of carbonyl (C=O) groups excluding carboxylic acids is 1. The molecule has 10 heteroatoms. The van der Waals surface area contributed by atoms with Crippen molar-refractivity contribution in [2.75, 3.05) is 5.32 Å². The molecule has 0 saturated carbocycles. The van der Waals surface area contributed by atoms with E-state index in [9.17, 15) is 14.9 Å². The van der Waals surface area contributed by atoms with Crippen LogP contribution in [0.1, 0.15) is 6.42 Å². The highest BCUT2D eigenvalue weighted by Gasteiger charge is 2.12. The predicted octanol–water partition coefficient (Wildman–Crippen LogP) is 2.54. The summed E-state index contributed by atoms with van der Waals surface area (Å²) in [5.41, 5.74) is 0.548. The maximum absolute atomic E-state index is 11.9. The number of anilines is 1. The lowest BCUT2D eigenvalue weighted by Gasteiger charge is -2.01. The third kappa shape index (κ3) is 3.61. The monoisotopic (exact) mass is 333 g/mol. The standard InChI is InChI=1S/C13H11N5O4S/c19-12(3-4-17-7-9(6-14-17)18(20)21)16-13-15-10(8-23-13)11-2-1-5-22-11/h1-2,5-8H,3-4H2,(H,15,16,19). The Bertz CT molecular complexity index is 823. The Hall–Kier alpha value is -3.01. The first kappa shape index (κ1) is 14.9. The first-order chi connectivity index (χ1) is 11.1. The van der Waals surface area contributed by atoms with Gasteiger partial charge in [0.05, 0.1) is 11.2 Å². The lowest BCUT2D eigenvalue weighted by Crippen LogP contribution is -2.14. The largest absolute Gasteiger partial charge is 0.463 e. The van der Waals surface area contributed by atoms with Gasteiger partial charge in [0.15, 0.2) is 10.9 Å². The number of carbonyl (C=O) groups is 1. The minimum absolute atomic E-state index is 0.103. The first-order valence-electron chi connectivity index (χ1n) is 6.58. The number of amides is 1. The Morgan fingerprint density at radius 2 is 2.39 bits per heavy atom. The van der Waals surface area contributed by atoms with E-state index in [-0.39, 0.29) is 24.6 Å². The van der Waals surface area contributed by atoms with Gasteiger partial charge >= 0.3 is 5.69 Å². The zero-order chi connectivity index (χ0) is 16.2. The molecule has 1 N–H and O–H groups in total. The van der Waals surface area contributed by atoms with Gasteiger partial charge in [-0.1, -0.05) is 0 Å². The van der Waals surface area contributed by atoms with E-state index in [1.54, 1.807) is 23.8 Å². The van der Waals surface area contributed by atoms with Crippen LogP contribution in [0.4, 0.5) is 10.8 Å². The second-order valence-corrected chi connectivity index (χ2v) is 5.39. The fraction of sp³-hybridized carbons (Fsp3) is 0.154. The highest BCUT2D eigenvalue weighted by Crippen LogP contribution is 2.25. The van der Waals surface area contributed by atoms with Crippen molar-refractivity contribution in [2.24, 2.45) is 0 Å². The molecule has 3 heterocycles. The number of thiazole rings is 1. The van der Waals surface area contributed by atoms with Crippen molar-refractivity contribution in [1.82, 2.24) is 14.8 Å². The third-order valence-corrected chi connectivity index (χ3v) is 3.68. The van der Waals surface area contributed by atoms with E-state index in [1.165, 1.54) is 22.2 Å². The zero-order valence-corrected chi connectivity index (χ0v) is 12.5. The zero-order valence-electron chi connectivity index (χ0n) is 11.7. The van der Waals surface area contributed by atoms with Crippen LogP contribution in [0, 0.1) is 10.1 Å². The minimum atomic E-state index is -0.532. The summed E-state index contributed by atoms with van der Waals surface area (Å²) in [5.74, 6) is 0.383. The van der Waals surface area contributed by atoms with Crippen LogP contribution in [-0.4, -0.2) is 25.6 Å². The fourth-order valence-electron chi connectivity index (χ4n) is 1.84. The molecule has 0 spiro atoms. The quantitative estimate of drug-likeness (QED) is 0.547. The van der Waals surface area contributed by atoms with Gasteiger partial charge in [0.1, 0.15) is 18.1 Å². The summed E-state index contributed by atoms with van der Waals surface area (Å²) in [6.45, 7) is 0.246. The molecule has 1 amide bonds. The number of rotatable bonds is 6. The molecule has 0 radical (unpaired) electrons. The summed E-state index contributed by atoms with van der Waals surface area (Å²) in [6, 6.07) is 3.54. The Morgan fingerprint density at radius 1 is 1.52 bits per heavy atom. The highest BCUT2D eigenvalue weighted by molar-refractivity contribution is 7.14. The van der Waals surface area contributed by atoms with E-state index in [4.69, 9.17) is 4.42 Å². The van der Waals surface area contributed by atoms with Gasteiger partial charge in [0.2, 0.25) is 5.91 Å². The van der Waals surface area contributed by atoms with Crippen molar-refractivity contribution in [3.05, 3.63) is 46.3 Å². The van der Waals surface area contributed by atoms with E-state index in [2.05, 4.69) is 15.4 Å². The van der Waals surface area contributed by atoms with Crippen LogP contribution in [0.15, 0.2) is 40.6 Å². The molecular formula is C13H11N5O4S. The van der Waals surface area contributed by atoms with E-state index < -0.39 is 4.92 Å². The summed E-state index contributed by atoms with van der Waals surface area (Å²) in [5, 5.41) is 19.3. The number of nitro groups is 1. The van der Waals surface area contributed by atoms with Gasteiger partial charge in [-0.25, -0.2) is 4.98 Å². The summed E-state index contributed by atoms with van der Waals surface area (Å²) in [6.07, 6.45) is 4.12. The first-order valence-corrected chi connectivity index (χ1v) is 7.46. The summed E-state index contributed by atoms with van der Waals surface area (Å²) in [7, 11) is 0. The molecule has 0 saturated heterocycles. The molecule has 3 rings (SSSR count). The molecule has 0 atom stereocenters. The number of hydrogen-bond acceptors (Lipinski definition) is 7. The highest BCUT2D eigenvalue weighted by atomic mass is 32.1. The van der Waals surface area contributed by atoms with Gasteiger partial charge in [-0.3, -0.25) is 19.6 Å². The van der Waals surface area contributed by atoms with Crippen molar-refractivity contribution >= 4 is 28.1 Å². The van der Waals surface area contributed by atoms with Crippen LogP contribution < -0.4 is 5.32 Å². The average molecular weight is 333 g/mol. The molecule has 0 fully saturated rings. The van der Waals surface area contributed by atoms with E-state index in [0.717, 1.165) is 6.20 Å². The van der Waals surface area contributed by atoms with Crippen molar-refractivity contribution < 1.29 is 14.1 Å². The number of aryl methyl sites for hydroxylation is 1. The summed E-state index contributed by atoms with van der Waals surface area (Å²) >= 11 is 1.29. The lowest BCUT2D eigenvalue weighted by molar-refractivity contribution is -0.385. The maximum atomic E-state index is 11.9. The second-order valence-electron chi connectivity index (χ2n) is 4.53. The van der Waals surface area contributed by atoms with Crippen molar-refractivity contribution in [3.63, 3.8) is 0 Å². The Morgan fingerprint density at radius 3 is 3.09 bits per heavy atom. The van der Waals surface area contributed by atoms with Crippen molar-refractivity contribution in [3.8, 4) is 11.5 Å². The van der Waals surface area contributed by atoms with E-state index in [0.29, 0.717) is 16.6 Å². The smallest absolute Gasteiger partial charge is 0.306 e. The van der Waals surface area contributed by atoms with Crippen LogP contribution in [-0.2, 0) is 11.3 Å². The third-order valence-electron chi connectivity index (χ3n) is 2.92. The van der Waals surface area contributed by atoms with Gasteiger partial charge < -0.3 is 9.73 Å². The molecular weight excluding hydrogens is 322 g/mol. The normalized spacial score (nSPS) is 10.6. The molecule has 0 unspecified atom stereocenters. The number of nitrogens with zero attached hydrogens (tertiary/aromatic N) is 4. The topological polar surface area (TPSA) is 116 Å². The summed E-state index contributed by atoms with van der Waals surface area (Å²) in [4.78, 5) is 26.2. The molecule has 9 nitrogen and oxygen atoms in total. The lowest BCUT2D eigenvalue weighted by atomic mass is 10.4. The molecule has 0 bridgehead atoms. The van der Waals surface area contributed by atoms with Gasteiger partial charge in [-0.05, 0) is 12.1 Å². The molecule has 118 valence electrons. The molecule has 23 heavy (non-hydrogen) atoms. The molecule has 0 aromatic carbocycles. The Balaban J connectivity index is 1.54. The van der Waals surface area contributed by atoms with Gasteiger partial charge in [0, 0.05) is 18.3 Å². The number of hydrogen-bond donors (Lipinski definition) is 1. The molecule has 0 aliphatic heterocycles. The predicted molar refractivity (Wildman–Crippen MR) is 81.9 cm³/mol. The number of nitrogens with one attached hydrogen (secondary N) is 1. The SMILES string of the molecule is O=C(CCn1cc([N+](=O)[O-])cn1)Nc1nc(-c2ccco2)cs1. The average Bonchev–Trinajstić information content (AvgIpc) is 3.25. The van der Waals surface area contributed by atoms with Gasteiger partial charge in [0.25, 0.3) is 0 Å². The van der Waals surface area contributed by atoms with Crippen LogP contribution in [0.2, 0.25) is 0 Å². The van der Waals surface area contributed by atoms with Crippen LogP contribution in [0.25, 0.3) is 11.5 Å². The molecule has 3 aromatic rings. The summed E-state index contributed by atoms with van der Waals surface area (Å²) < 4.78 is 6.58. The van der Waals surface area contributed by atoms with E-state index in [1.807, 2.05) is 0 Å². The number of aromatic nitrogens is 3. The fourth-order valence-corrected chi connectivity index (χ4v) is 2.55. The van der Waals surface area contributed by atoms with E-state index >= 15 is 0 Å². The van der Waals surface area contributed by atoms with Gasteiger partial charge in [-0.2, -0.15) is 5.10 Å². The molecule has 3 aromatic heterocycles. The molecule has 0 aliphatic carbocycles. The van der Waals surface area contributed by atoms with Gasteiger partial charge in [-0.15, -0.1) is 11.3 Å². The van der Waals surface area contributed by atoms with Crippen LogP contribution in [0.3, 0.4) is 0 Å². The van der Waals surface area contributed by atoms with Crippen molar-refractivity contribution in [2.45, 2.75) is 13.0 Å². The molecule has 0 aliphatic rings. The van der Waals surface area contributed by atoms with Crippen LogP contribution >= 0.6 is 11.3 Å². The number of furan rings is 1. The maximum Gasteiger partial charge on any atom is 0.306 e.